The van der Waals surface area contributed by atoms with Crippen LogP contribution in [-0.4, -0.2) is 48.0 Å². The van der Waals surface area contributed by atoms with Crippen LogP contribution in [0.4, 0.5) is 5.69 Å². The number of hydrogen-bond donors (Lipinski definition) is 4. The molecule has 8 heteroatoms. The number of allylic oxidation sites excluding steroid dienone is 1. The van der Waals surface area contributed by atoms with Crippen LogP contribution in [-0.2, 0) is 4.79 Å². The number of aryl methyl sites for hydroxylation is 1. The first-order valence-corrected chi connectivity index (χ1v) is 12.9. The molecule has 0 saturated heterocycles. The van der Waals surface area contributed by atoms with Crippen molar-refractivity contribution in [3.63, 3.8) is 0 Å². The van der Waals surface area contributed by atoms with Crippen molar-refractivity contribution in [3.8, 4) is 11.5 Å². The number of ether oxygens (including phenoxy) is 2. The van der Waals surface area contributed by atoms with Gasteiger partial charge in [-0.05, 0) is 87.2 Å². The van der Waals surface area contributed by atoms with E-state index >= 15 is 0 Å². The van der Waals surface area contributed by atoms with Crippen LogP contribution in [0.5, 0.6) is 11.5 Å². The van der Waals surface area contributed by atoms with Crippen molar-refractivity contribution in [2.75, 3.05) is 25.0 Å². The molecule has 0 saturated carbocycles. The van der Waals surface area contributed by atoms with Crippen LogP contribution < -0.4 is 20.1 Å². The van der Waals surface area contributed by atoms with Crippen molar-refractivity contribution in [1.29, 1.82) is 0 Å². The summed E-state index contributed by atoms with van der Waals surface area (Å²) in [7, 11) is 0. The van der Waals surface area contributed by atoms with E-state index in [1.807, 2.05) is 45.9 Å². The summed E-state index contributed by atoms with van der Waals surface area (Å²) in [5.41, 5.74) is 7.24. The van der Waals surface area contributed by atoms with Crippen LogP contribution >= 0.6 is 0 Å². The average Bonchev–Trinajstić information content (AvgIpc) is 2.87. The number of carbonyl (C=O) groups is 2. The Morgan fingerprint density at radius 3 is 2.47 bits per heavy atom. The molecule has 1 unspecified atom stereocenters. The Kier molecular flexibility index (Phi) is 8.10. The molecule has 1 aliphatic heterocycles. The first kappa shape index (κ1) is 26.9. The van der Waals surface area contributed by atoms with E-state index in [2.05, 4.69) is 16.7 Å². The quantitative estimate of drug-likeness (QED) is 0.293. The van der Waals surface area contributed by atoms with E-state index in [0.29, 0.717) is 23.5 Å². The topological polar surface area (TPSA) is 117 Å². The Bertz CT molecular complexity index is 1350. The molecule has 2 aromatic rings. The van der Waals surface area contributed by atoms with Gasteiger partial charge in [0.1, 0.15) is 17.6 Å². The van der Waals surface area contributed by atoms with Crippen LogP contribution in [0.3, 0.4) is 0 Å². The fourth-order valence-electron chi connectivity index (χ4n) is 4.84. The number of likely N-dealkylation sites (N-methyl/N-ethyl adjacent to an activating group) is 1. The highest BCUT2D eigenvalue weighted by molar-refractivity contribution is 6.00. The minimum Gasteiger partial charge on any atom is -0.494 e. The number of aliphatic carboxylic acids is 1. The molecule has 1 heterocycles. The fraction of sp³-hybridized carbons (Fsp3) is 0.333. The zero-order valence-electron chi connectivity index (χ0n) is 22.2. The van der Waals surface area contributed by atoms with Crippen LogP contribution in [0.15, 0.2) is 59.3 Å². The lowest BCUT2D eigenvalue weighted by molar-refractivity contribution is -0.137. The van der Waals surface area contributed by atoms with E-state index in [-0.39, 0.29) is 24.7 Å². The minimum atomic E-state index is -1.07. The molecule has 0 spiro atoms. The van der Waals surface area contributed by atoms with Crippen molar-refractivity contribution >= 4 is 23.2 Å². The third-order valence-electron chi connectivity index (χ3n) is 6.59. The van der Waals surface area contributed by atoms with Crippen LogP contribution in [0.1, 0.15) is 60.7 Å². The normalized spacial score (nSPS) is 15.9. The highest BCUT2D eigenvalue weighted by Crippen LogP contribution is 2.46. The molecule has 0 radical (unpaired) electrons. The summed E-state index contributed by atoms with van der Waals surface area (Å²) in [6, 6.07) is 9.04. The van der Waals surface area contributed by atoms with Crippen molar-refractivity contribution in [3.05, 3.63) is 81.6 Å². The summed E-state index contributed by atoms with van der Waals surface area (Å²) in [4.78, 5) is 23.3. The second kappa shape index (κ2) is 11.5. The zero-order chi connectivity index (χ0) is 27.4. The van der Waals surface area contributed by atoms with Gasteiger partial charge in [-0.3, -0.25) is 4.79 Å². The van der Waals surface area contributed by atoms with E-state index in [0.717, 1.165) is 52.3 Å². The third-order valence-corrected chi connectivity index (χ3v) is 6.59. The Morgan fingerprint density at radius 2 is 1.79 bits per heavy atom. The van der Waals surface area contributed by atoms with Gasteiger partial charge in [0.2, 0.25) is 0 Å². The van der Waals surface area contributed by atoms with Gasteiger partial charge in [-0.2, -0.15) is 0 Å². The average molecular weight is 519 g/mol. The SMILES string of the molecule is CCNC1=CC2Oc3cc(NCC)c(C)cc3C(c3ccc(OCCCC(=O)O)cc3C(=O)O)=C2C=C1C. The molecule has 1 atom stereocenters. The summed E-state index contributed by atoms with van der Waals surface area (Å²) >= 11 is 0. The lowest BCUT2D eigenvalue weighted by Gasteiger charge is -2.33. The lowest BCUT2D eigenvalue weighted by atomic mass is 9.82. The number of benzene rings is 2. The van der Waals surface area contributed by atoms with Gasteiger partial charge in [-0.15, -0.1) is 0 Å². The van der Waals surface area contributed by atoms with Gasteiger partial charge in [0, 0.05) is 53.7 Å². The Labute approximate surface area is 222 Å². The standard InChI is InChI=1S/C30H34N2O6/c1-5-31-24-15-26-22(12-17(24)3)29(23-13-18(4)25(32-6-2)16-27(23)38-26)20-10-9-19(14-21(20)30(35)36)37-11-7-8-28(33)34/h9-10,12-16,26,31-32H,5-8,11H2,1-4H3,(H,33,34)(H,35,36). The van der Waals surface area contributed by atoms with Crippen LogP contribution in [0, 0.1) is 6.92 Å². The number of fused-ring (bicyclic) bond motifs is 2. The second-order valence-corrected chi connectivity index (χ2v) is 9.36. The molecule has 2 aromatic carbocycles. The monoisotopic (exact) mass is 518 g/mol. The van der Waals surface area contributed by atoms with Gasteiger partial charge >= 0.3 is 11.9 Å². The molecule has 38 heavy (non-hydrogen) atoms. The highest BCUT2D eigenvalue weighted by Gasteiger charge is 2.32. The first-order chi connectivity index (χ1) is 18.2. The van der Waals surface area contributed by atoms with Gasteiger partial charge < -0.3 is 30.3 Å². The molecule has 0 fully saturated rings. The number of carboxylic acids is 2. The number of hydrogen-bond acceptors (Lipinski definition) is 6. The van der Waals surface area contributed by atoms with Crippen LogP contribution in [0.2, 0.25) is 0 Å². The lowest BCUT2D eigenvalue weighted by Crippen LogP contribution is -2.29. The number of rotatable bonds is 11. The molecule has 1 aliphatic carbocycles. The van der Waals surface area contributed by atoms with Crippen molar-refractivity contribution in [1.82, 2.24) is 5.32 Å². The van der Waals surface area contributed by atoms with Gasteiger partial charge in [-0.1, -0.05) is 0 Å². The summed E-state index contributed by atoms with van der Waals surface area (Å²) < 4.78 is 12.2. The van der Waals surface area contributed by atoms with E-state index in [1.165, 1.54) is 6.07 Å². The molecule has 0 aromatic heterocycles. The molecule has 200 valence electrons. The second-order valence-electron chi connectivity index (χ2n) is 9.36. The first-order valence-electron chi connectivity index (χ1n) is 12.9. The van der Waals surface area contributed by atoms with E-state index < -0.39 is 11.9 Å². The van der Waals surface area contributed by atoms with Crippen LogP contribution in [0.25, 0.3) is 5.57 Å². The molecule has 2 aliphatic rings. The molecule has 0 amide bonds. The van der Waals surface area contributed by atoms with Gasteiger partial charge in [0.25, 0.3) is 0 Å². The Balaban J connectivity index is 1.86. The summed E-state index contributed by atoms with van der Waals surface area (Å²) in [6.45, 7) is 9.84. The number of aromatic carboxylic acids is 1. The van der Waals surface area contributed by atoms with E-state index in [4.69, 9.17) is 14.6 Å². The number of carboxylic acid groups (broad SMARTS) is 2. The number of anilines is 1. The largest absolute Gasteiger partial charge is 0.494 e. The van der Waals surface area contributed by atoms with Gasteiger partial charge in [0.05, 0.1) is 12.2 Å². The summed E-state index contributed by atoms with van der Waals surface area (Å²) in [5.74, 6) is -0.906. The number of nitrogens with one attached hydrogen (secondary N) is 2. The van der Waals surface area contributed by atoms with Crippen molar-refractivity contribution in [2.45, 2.75) is 46.6 Å². The molecular formula is C30H34N2O6. The highest BCUT2D eigenvalue weighted by atomic mass is 16.5. The molecule has 4 N–H and O–H groups in total. The van der Waals surface area contributed by atoms with Gasteiger partial charge in [-0.25, -0.2) is 4.79 Å². The smallest absolute Gasteiger partial charge is 0.336 e. The molecule has 0 bridgehead atoms. The predicted octanol–water partition coefficient (Wildman–Crippen LogP) is 5.38. The van der Waals surface area contributed by atoms with Crippen molar-refractivity contribution < 1.29 is 29.3 Å². The maximum Gasteiger partial charge on any atom is 0.336 e. The molecular weight excluding hydrogens is 484 g/mol. The molecule has 4 rings (SSSR count). The third kappa shape index (κ3) is 5.54. The van der Waals surface area contributed by atoms with E-state index in [1.54, 1.807) is 12.1 Å². The Morgan fingerprint density at radius 1 is 1.03 bits per heavy atom. The molecule has 8 nitrogen and oxygen atoms in total. The van der Waals surface area contributed by atoms with E-state index in [9.17, 15) is 14.7 Å². The van der Waals surface area contributed by atoms with Crippen molar-refractivity contribution in [2.24, 2.45) is 0 Å². The fourth-order valence-corrected chi connectivity index (χ4v) is 4.84. The maximum absolute atomic E-state index is 12.5. The Hall–Kier alpha value is -4.20. The van der Waals surface area contributed by atoms with Gasteiger partial charge in [0.15, 0.2) is 0 Å². The zero-order valence-corrected chi connectivity index (χ0v) is 22.2. The minimum absolute atomic E-state index is 0.0133. The predicted molar refractivity (Wildman–Crippen MR) is 147 cm³/mol. The summed E-state index contributed by atoms with van der Waals surface area (Å²) in [6.07, 6.45) is 4.04. The maximum atomic E-state index is 12.5. The summed E-state index contributed by atoms with van der Waals surface area (Å²) in [5, 5.41) is 25.8.